The van der Waals surface area contributed by atoms with Crippen LogP contribution in [0.25, 0.3) is 0 Å². The highest BCUT2D eigenvalue weighted by molar-refractivity contribution is 7.89. The van der Waals surface area contributed by atoms with Crippen molar-refractivity contribution in [3.05, 3.63) is 23.8 Å². The van der Waals surface area contributed by atoms with Gasteiger partial charge in [-0.15, -0.1) is 0 Å². The number of ether oxygens (including phenoxy) is 1. The molecule has 1 aromatic carbocycles. The number of hydrogen-bond donors (Lipinski definition) is 2. The van der Waals surface area contributed by atoms with Crippen LogP contribution in [0.15, 0.2) is 23.1 Å². The van der Waals surface area contributed by atoms with Crippen molar-refractivity contribution in [1.29, 1.82) is 0 Å². The molecule has 8 heteroatoms. The zero-order valence-corrected chi connectivity index (χ0v) is 12.3. The summed E-state index contributed by atoms with van der Waals surface area (Å²) in [5.74, 6) is -1.22. The molecule has 1 heterocycles. The fourth-order valence-electron chi connectivity index (χ4n) is 2.32. The Morgan fingerprint density at radius 1 is 1.48 bits per heavy atom. The molecule has 1 aliphatic heterocycles. The Bertz CT molecular complexity index is 642. The van der Waals surface area contributed by atoms with Crippen molar-refractivity contribution in [2.45, 2.75) is 11.3 Å². The standard InChI is InChI=1S/C13H17NO6S/c1-20-11-6-10(13(16)17)2-3-12(11)21(18,19)14-5-4-9(7-14)8-15/h2-3,6,9,15H,4-5,7-8H2,1H3,(H,16,17). The molecule has 0 saturated carbocycles. The van der Waals surface area contributed by atoms with Gasteiger partial charge in [-0.1, -0.05) is 0 Å². The van der Waals surface area contributed by atoms with E-state index in [9.17, 15) is 13.2 Å². The van der Waals surface area contributed by atoms with Gasteiger partial charge in [0.15, 0.2) is 0 Å². The van der Waals surface area contributed by atoms with Crippen LogP contribution in [0.1, 0.15) is 16.8 Å². The van der Waals surface area contributed by atoms with Gasteiger partial charge in [-0.3, -0.25) is 0 Å². The third-order valence-electron chi connectivity index (χ3n) is 3.54. The van der Waals surface area contributed by atoms with Gasteiger partial charge in [-0.25, -0.2) is 13.2 Å². The topological polar surface area (TPSA) is 104 Å². The van der Waals surface area contributed by atoms with E-state index in [0.29, 0.717) is 13.0 Å². The first-order valence-electron chi connectivity index (χ1n) is 6.42. The molecular formula is C13H17NO6S. The molecule has 2 rings (SSSR count). The molecule has 0 bridgehead atoms. The van der Waals surface area contributed by atoms with Gasteiger partial charge in [0.1, 0.15) is 10.6 Å². The van der Waals surface area contributed by atoms with Crippen molar-refractivity contribution in [2.75, 3.05) is 26.8 Å². The highest BCUT2D eigenvalue weighted by Gasteiger charge is 2.34. The number of nitrogens with zero attached hydrogens (tertiary/aromatic N) is 1. The summed E-state index contributed by atoms with van der Waals surface area (Å²) in [6.07, 6.45) is 0.602. The number of aromatic carboxylic acids is 1. The maximum atomic E-state index is 12.6. The van der Waals surface area contributed by atoms with E-state index in [2.05, 4.69) is 0 Å². The van der Waals surface area contributed by atoms with Crippen molar-refractivity contribution in [1.82, 2.24) is 4.31 Å². The van der Waals surface area contributed by atoms with E-state index in [1.54, 1.807) is 0 Å². The summed E-state index contributed by atoms with van der Waals surface area (Å²) in [4.78, 5) is 10.9. The fraction of sp³-hybridized carbons (Fsp3) is 0.462. The fourth-order valence-corrected chi connectivity index (χ4v) is 3.98. The normalized spacial score (nSPS) is 19.6. The Balaban J connectivity index is 2.38. The zero-order chi connectivity index (χ0) is 15.6. The van der Waals surface area contributed by atoms with E-state index in [4.69, 9.17) is 14.9 Å². The summed E-state index contributed by atoms with van der Waals surface area (Å²) in [5.41, 5.74) is -0.0412. The maximum absolute atomic E-state index is 12.6. The minimum absolute atomic E-state index is 0.00217. The number of sulfonamides is 1. The molecule has 2 N–H and O–H groups in total. The lowest BCUT2D eigenvalue weighted by Gasteiger charge is -2.18. The lowest BCUT2D eigenvalue weighted by molar-refractivity contribution is 0.0696. The van der Waals surface area contributed by atoms with E-state index in [1.807, 2.05) is 0 Å². The number of benzene rings is 1. The zero-order valence-electron chi connectivity index (χ0n) is 11.5. The maximum Gasteiger partial charge on any atom is 0.335 e. The average molecular weight is 315 g/mol. The second-order valence-corrected chi connectivity index (χ2v) is 6.78. The predicted octanol–water partition coefficient (Wildman–Crippen LogP) is 0.396. The first-order valence-corrected chi connectivity index (χ1v) is 7.86. The summed E-state index contributed by atoms with van der Waals surface area (Å²) in [7, 11) is -2.47. The average Bonchev–Trinajstić information content (AvgIpc) is 2.96. The minimum atomic E-state index is -3.76. The van der Waals surface area contributed by atoms with Crippen LogP contribution in [0.5, 0.6) is 5.75 Å². The summed E-state index contributed by atoms with van der Waals surface area (Å²) >= 11 is 0. The Kier molecular flexibility index (Phi) is 4.50. The molecule has 116 valence electrons. The molecule has 0 radical (unpaired) electrons. The third-order valence-corrected chi connectivity index (χ3v) is 5.44. The number of hydrogen-bond acceptors (Lipinski definition) is 5. The molecule has 1 saturated heterocycles. The summed E-state index contributed by atoms with van der Waals surface area (Å²) in [6, 6.07) is 3.66. The Morgan fingerprint density at radius 2 is 2.19 bits per heavy atom. The van der Waals surface area contributed by atoms with Gasteiger partial charge in [0.2, 0.25) is 10.0 Å². The van der Waals surface area contributed by atoms with Crippen LogP contribution in [0, 0.1) is 5.92 Å². The van der Waals surface area contributed by atoms with Gasteiger partial charge in [0.05, 0.1) is 12.7 Å². The largest absolute Gasteiger partial charge is 0.495 e. The minimum Gasteiger partial charge on any atom is -0.495 e. The smallest absolute Gasteiger partial charge is 0.335 e. The van der Waals surface area contributed by atoms with Crippen molar-refractivity contribution in [2.24, 2.45) is 5.92 Å². The van der Waals surface area contributed by atoms with E-state index in [-0.39, 0.29) is 35.3 Å². The molecule has 1 unspecified atom stereocenters. The molecule has 7 nitrogen and oxygen atoms in total. The molecule has 1 atom stereocenters. The van der Waals surface area contributed by atoms with Crippen LogP contribution in [0.4, 0.5) is 0 Å². The summed E-state index contributed by atoms with van der Waals surface area (Å²) in [5, 5.41) is 18.0. The van der Waals surface area contributed by atoms with Gasteiger partial charge in [-0.2, -0.15) is 4.31 Å². The van der Waals surface area contributed by atoms with Gasteiger partial charge < -0.3 is 14.9 Å². The number of rotatable bonds is 5. The van der Waals surface area contributed by atoms with Gasteiger partial charge in [0, 0.05) is 19.7 Å². The molecule has 0 spiro atoms. The van der Waals surface area contributed by atoms with Crippen LogP contribution in [-0.4, -0.2) is 55.7 Å². The number of aliphatic hydroxyl groups excluding tert-OH is 1. The van der Waals surface area contributed by atoms with Crippen LogP contribution < -0.4 is 4.74 Å². The second kappa shape index (κ2) is 6.00. The number of carboxylic acids is 1. The lowest BCUT2D eigenvalue weighted by atomic mass is 10.1. The third kappa shape index (κ3) is 3.02. The van der Waals surface area contributed by atoms with E-state index < -0.39 is 16.0 Å². The second-order valence-electron chi connectivity index (χ2n) is 4.87. The van der Waals surface area contributed by atoms with E-state index in [0.717, 1.165) is 0 Å². The van der Waals surface area contributed by atoms with Crippen molar-refractivity contribution in [3.63, 3.8) is 0 Å². The van der Waals surface area contributed by atoms with Gasteiger partial charge in [0.25, 0.3) is 0 Å². The Hall–Kier alpha value is -1.64. The van der Waals surface area contributed by atoms with Crippen LogP contribution in [-0.2, 0) is 10.0 Å². The molecule has 0 aromatic heterocycles. The number of aliphatic hydroxyl groups is 1. The predicted molar refractivity (Wildman–Crippen MR) is 73.9 cm³/mol. The first kappa shape index (κ1) is 15.7. The summed E-state index contributed by atoms with van der Waals surface area (Å²) < 4.78 is 31.4. The molecule has 21 heavy (non-hydrogen) atoms. The van der Waals surface area contributed by atoms with Crippen molar-refractivity contribution in [3.8, 4) is 5.75 Å². The number of methoxy groups -OCH3 is 1. The first-order chi connectivity index (χ1) is 9.90. The van der Waals surface area contributed by atoms with E-state index in [1.165, 1.54) is 29.6 Å². The van der Waals surface area contributed by atoms with Gasteiger partial charge >= 0.3 is 5.97 Å². The lowest BCUT2D eigenvalue weighted by Crippen LogP contribution is -2.29. The van der Waals surface area contributed by atoms with Crippen LogP contribution in [0.2, 0.25) is 0 Å². The molecule has 1 fully saturated rings. The number of carboxylic acid groups (broad SMARTS) is 1. The van der Waals surface area contributed by atoms with Crippen LogP contribution >= 0.6 is 0 Å². The monoisotopic (exact) mass is 315 g/mol. The molecule has 1 aromatic rings. The molecule has 0 aliphatic carbocycles. The highest BCUT2D eigenvalue weighted by Crippen LogP contribution is 2.31. The summed E-state index contributed by atoms with van der Waals surface area (Å²) in [6.45, 7) is 0.529. The highest BCUT2D eigenvalue weighted by atomic mass is 32.2. The number of carbonyl (C=O) groups is 1. The quantitative estimate of drug-likeness (QED) is 0.815. The van der Waals surface area contributed by atoms with Crippen molar-refractivity contribution < 1.29 is 28.2 Å². The molecular weight excluding hydrogens is 298 g/mol. The van der Waals surface area contributed by atoms with Crippen LogP contribution in [0.3, 0.4) is 0 Å². The van der Waals surface area contributed by atoms with Gasteiger partial charge in [-0.05, 0) is 30.5 Å². The van der Waals surface area contributed by atoms with Crippen molar-refractivity contribution >= 4 is 16.0 Å². The SMILES string of the molecule is COc1cc(C(=O)O)ccc1S(=O)(=O)N1CCC(CO)C1. The van der Waals surface area contributed by atoms with E-state index >= 15 is 0 Å². The Morgan fingerprint density at radius 3 is 2.71 bits per heavy atom. The molecule has 1 aliphatic rings. The Labute approximate surface area is 122 Å². The molecule has 0 amide bonds.